The number of ether oxygens (including phenoxy) is 1. The molecular weight excluding hydrogens is 408 g/mol. The van der Waals surface area contributed by atoms with Crippen LogP contribution in [0, 0.1) is 5.92 Å². The number of nitrogen functional groups attached to an aromatic ring is 1. The van der Waals surface area contributed by atoms with Gasteiger partial charge in [0.2, 0.25) is 10.0 Å². The van der Waals surface area contributed by atoms with E-state index in [1.54, 1.807) is 52.8 Å². The van der Waals surface area contributed by atoms with E-state index in [1.165, 1.54) is 11.3 Å². The molecule has 0 saturated carbocycles. The van der Waals surface area contributed by atoms with E-state index in [-0.39, 0.29) is 10.8 Å². The molecule has 3 rings (SSSR count). The highest BCUT2D eigenvalue weighted by Crippen LogP contribution is 2.36. The van der Waals surface area contributed by atoms with Gasteiger partial charge < -0.3 is 10.5 Å². The van der Waals surface area contributed by atoms with Gasteiger partial charge in [-0.3, -0.25) is 4.79 Å². The van der Waals surface area contributed by atoms with Crippen molar-refractivity contribution in [3.63, 3.8) is 0 Å². The summed E-state index contributed by atoms with van der Waals surface area (Å²) in [7, 11) is -3.91. The molecule has 0 aliphatic rings. The summed E-state index contributed by atoms with van der Waals surface area (Å²) in [6.07, 6.45) is 0. The van der Waals surface area contributed by atoms with Crippen molar-refractivity contribution in [3.05, 3.63) is 36.4 Å². The van der Waals surface area contributed by atoms with Crippen LogP contribution in [0.5, 0.6) is 0 Å². The molecule has 0 saturated heterocycles. The number of nitrogens with two attached hydrogens (primary N) is 1. The number of nitrogens with one attached hydrogen (secondary N) is 1. The topological polar surface area (TPSA) is 98.5 Å². The van der Waals surface area contributed by atoms with Gasteiger partial charge in [0, 0.05) is 25.9 Å². The number of carbonyl (C=O) groups is 1. The molecule has 0 fully saturated rings. The van der Waals surface area contributed by atoms with Gasteiger partial charge in [0.25, 0.3) is 0 Å². The summed E-state index contributed by atoms with van der Waals surface area (Å²) in [5, 5.41) is 1.94. The third-order valence-corrected chi connectivity index (χ3v) is 6.96. The van der Waals surface area contributed by atoms with Crippen LogP contribution in [0.4, 0.5) is 5.69 Å². The number of carbonyl (C=O) groups excluding carboxylic acids is 1. The second kappa shape index (κ2) is 7.59. The van der Waals surface area contributed by atoms with Gasteiger partial charge in [-0.05, 0) is 57.0 Å². The van der Waals surface area contributed by atoms with E-state index in [0.717, 1.165) is 20.2 Å². The van der Waals surface area contributed by atoms with E-state index < -0.39 is 27.6 Å². The fourth-order valence-corrected chi connectivity index (χ4v) is 5.56. The van der Waals surface area contributed by atoms with Gasteiger partial charge in [0.15, 0.2) is 0 Å². The summed E-state index contributed by atoms with van der Waals surface area (Å²) < 4.78 is 35.8. The molecule has 0 amide bonds. The maximum Gasteiger partial charge on any atom is 0.324 e. The summed E-state index contributed by atoms with van der Waals surface area (Å²) >= 11 is 1.50. The van der Waals surface area contributed by atoms with Crippen molar-refractivity contribution < 1.29 is 17.9 Å². The fraction of sp³-hybridized carbons (Fsp3) is 0.381. The Morgan fingerprint density at radius 2 is 1.76 bits per heavy atom. The van der Waals surface area contributed by atoms with Crippen molar-refractivity contribution in [2.75, 3.05) is 5.73 Å². The third kappa shape index (κ3) is 4.71. The Balaban J connectivity index is 1.96. The fourth-order valence-electron chi connectivity index (χ4n) is 3.00. The maximum absolute atomic E-state index is 13.0. The highest BCUT2D eigenvalue weighted by molar-refractivity contribution is 7.89. The van der Waals surface area contributed by atoms with Gasteiger partial charge in [-0.25, -0.2) is 8.42 Å². The molecular formula is C21H26N2O4S2. The van der Waals surface area contributed by atoms with Gasteiger partial charge >= 0.3 is 5.97 Å². The molecule has 0 radical (unpaired) electrons. The van der Waals surface area contributed by atoms with Crippen molar-refractivity contribution in [1.82, 2.24) is 4.72 Å². The second-order valence-corrected chi connectivity index (χ2v) is 11.2. The van der Waals surface area contributed by atoms with Gasteiger partial charge in [0.1, 0.15) is 11.6 Å². The molecule has 0 aliphatic carbocycles. The zero-order chi connectivity index (χ0) is 21.6. The lowest BCUT2D eigenvalue weighted by atomic mass is 10.1. The van der Waals surface area contributed by atoms with E-state index in [0.29, 0.717) is 5.69 Å². The minimum atomic E-state index is -3.91. The number of benzene rings is 2. The van der Waals surface area contributed by atoms with Crippen LogP contribution < -0.4 is 10.5 Å². The average Bonchev–Trinajstić information content (AvgIpc) is 2.95. The highest BCUT2D eigenvalue weighted by atomic mass is 32.2. The maximum atomic E-state index is 13.0. The minimum absolute atomic E-state index is 0.110. The van der Waals surface area contributed by atoms with Gasteiger partial charge in [-0.1, -0.05) is 19.9 Å². The number of hydrogen-bond acceptors (Lipinski definition) is 6. The van der Waals surface area contributed by atoms with Crippen LogP contribution in [0.2, 0.25) is 0 Å². The van der Waals surface area contributed by atoms with Gasteiger partial charge in [0.05, 0.1) is 4.90 Å². The predicted molar refractivity (Wildman–Crippen MR) is 119 cm³/mol. The van der Waals surface area contributed by atoms with Crippen LogP contribution in [0.25, 0.3) is 20.2 Å². The standard InChI is InChI=1S/C21H26N2O4S2/c1-12(2)19(20(24)27-21(3,4)5)23-29(25,26)14-7-8-15-16-10-13(22)6-9-17(16)28-18(15)11-14/h6-12,19,23H,22H2,1-5H3/t19-/m0/s1. The summed E-state index contributed by atoms with van der Waals surface area (Å²) in [5.41, 5.74) is 5.84. The van der Waals surface area contributed by atoms with Gasteiger partial charge in [-0.15, -0.1) is 11.3 Å². The molecule has 1 atom stereocenters. The highest BCUT2D eigenvalue weighted by Gasteiger charge is 2.32. The predicted octanol–water partition coefficient (Wildman–Crippen LogP) is 4.28. The quantitative estimate of drug-likeness (QED) is 0.461. The molecule has 0 unspecified atom stereocenters. The first-order valence-corrected chi connectivity index (χ1v) is 11.6. The average molecular weight is 435 g/mol. The van der Waals surface area contributed by atoms with Crippen molar-refractivity contribution >= 4 is 53.2 Å². The Kier molecular flexibility index (Phi) is 5.64. The zero-order valence-electron chi connectivity index (χ0n) is 17.1. The second-order valence-electron chi connectivity index (χ2n) is 8.39. The SMILES string of the molecule is CC(C)[C@H](NS(=O)(=O)c1ccc2c(c1)sc1ccc(N)cc12)C(=O)OC(C)(C)C. The first-order chi connectivity index (χ1) is 13.4. The molecule has 0 aliphatic heterocycles. The van der Waals surface area contributed by atoms with E-state index in [4.69, 9.17) is 10.5 Å². The number of rotatable bonds is 5. The summed E-state index contributed by atoms with van der Waals surface area (Å²) in [6.45, 7) is 8.80. The van der Waals surface area contributed by atoms with Crippen LogP contribution in [0.15, 0.2) is 41.3 Å². The zero-order valence-corrected chi connectivity index (χ0v) is 18.8. The number of thiophene rings is 1. The van der Waals surface area contributed by atoms with Crippen LogP contribution in [0.1, 0.15) is 34.6 Å². The Morgan fingerprint density at radius 3 is 2.38 bits per heavy atom. The molecule has 3 N–H and O–H groups in total. The van der Waals surface area contributed by atoms with Crippen LogP contribution >= 0.6 is 11.3 Å². The van der Waals surface area contributed by atoms with Gasteiger partial charge in [-0.2, -0.15) is 4.72 Å². The number of fused-ring (bicyclic) bond motifs is 3. The molecule has 6 nitrogen and oxygen atoms in total. The Bertz CT molecular complexity index is 1170. The molecule has 1 heterocycles. The van der Waals surface area contributed by atoms with E-state index in [9.17, 15) is 13.2 Å². The lowest BCUT2D eigenvalue weighted by Gasteiger charge is -2.26. The molecule has 8 heteroatoms. The van der Waals surface area contributed by atoms with Crippen molar-refractivity contribution in [1.29, 1.82) is 0 Å². The minimum Gasteiger partial charge on any atom is -0.459 e. The number of hydrogen-bond donors (Lipinski definition) is 2. The molecule has 1 aromatic heterocycles. The number of esters is 1. The molecule has 3 aromatic rings. The van der Waals surface area contributed by atoms with E-state index in [1.807, 2.05) is 18.2 Å². The Hall–Kier alpha value is -2.16. The summed E-state index contributed by atoms with van der Waals surface area (Å²) in [5.74, 6) is -0.856. The monoisotopic (exact) mass is 434 g/mol. The first-order valence-electron chi connectivity index (χ1n) is 9.34. The molecule has 156 valence electrons. The van der Waals surface area contributed by atoms with Crippen molar-refractivity contribution in [2.45, 2.75) is 51.2 Å². The Labute approximate surface area is 175 Å². The molecule has 0 spiro atoms. The normalized spacial score (nSPS) is 13.9. The van der Waals surface area contributed by atoms with Crippen molar-refractivity contribution in [3.8, 4) is 0 Å². The summed E-state index contributed by atoms with van der Waals surface area (Å²) in [6, 6.07) is 9.62. The van der Waals surface area contributed by atoms with Crippen molar-refractivity contribution in [2.24, 2.45) is 5.92 Å². The lowest BCUT2D eigenvalue weighted by Crippen LogP contribution is -2.47. The van der Waals surface area contributed by atoms with Crippen LogP contribution in [-0.2, 0) is 19.6 Å². The van der Waals surface area contributed by atoms with E-state index in [2.05, 4.69) is 4.72 Å². The number of sulfonamides is 1. The smallest absolute Gasteiger partial charge is 0.324 e. The largest absolute Gasteiger partial charge is 0.459 e. The van der Waals surface area contributed by atoms with E-state index >= 15 is 0 Å². The summed E-state index contributed by atoms with van der Waals surface area (Å²) in [4.78, 5) is 12.6. The number of anilines is 1. The molecule has 29 heavy (non-hydrogen) atoms. The third-order valence-electron chi connectivity index (χ3n) is 4.39. The Morgan fingerprint density at radius 1 is 1.07 bits per heavy atom. The van der Waals surface area contributed by atoms with Crippen LogP contribution in [-0.4, -0.2) is 26.0 Å². The molecule has 0 bridgehead atoms. The lowest BCUT2D eigenvalue weighted by molar-refractivity contribution is -0.158. The first kappa shape index (κ1) is 21.5. The molecule has 2 aromatic carbocycles. The van der Waals surface area contributed by atoms with Crippen LogP contribution in [0.3, 0.4) is 0 Å².